The summed E-state index contributed by atoms with van der Waals surface area (Å²) in [5, 5.41) is 8.26. The van der Waals surface area contributed by atoms with Gasteiger partial charge in [0.05, 0.1) is 25.5 Å². The van der Waals surface area contributed by atoms with Gasteiger partial charge in [0.2, 0.25) is 0 Å². The van der Waals surface area contributed by atoms with Gasteiger partial charge in [0.1, 0.15) is 5.75 Å². The van der Waals surface area contributed by atoms with Crippen molar-refractivity contribution < 1.29 is 4.74 Å². The normalized spacial score (nSPS) is 10.6. The van der Waals surface area contributed by atoms with Gasteiger partial charge in [-0.25, -0.2) is 4.68 Å². The Hall–Kier alpha value is -2.62. The van der Waals surface area contributed by atoms with Crippen LogP contribution in [0.1, 0.15) is 11.1 Å². The molecule has 0 radical (unpaired) electrons. The van der Waals surface area contributed by atoms with Crippen molar-refractivity contribution in [3.63, 3.8) is 0 Å². The van der Waals surface area contributed by atoms with E-state index in [1.807, 2.05) is 47.3 Å². The van der Waals surface area contributed by atoms with E-state index in [0.717, 1.165) is 22.6 Å². The van der Waals surface area contributed by atoms with E-state index in [1.54, 1.807) is 7.11 Å². The zero-order chi connectivity index (χ0) is 14.7. The molecular weight excluding hydrogens is 262 g/mol. The Labute approximate surface area is 124 Å². The molecule has 4 heteroatoms. The van der Waals surface area contributed by atoms with Crippen molar-refractivity contribution in [2.45, 2.75) is 13.5 Å². The van der Waals surface area contributed by atoms with Gasteiger partial charge >= 0.3 is 0 Å². The van der Waals surface area contributed by atoms with Crippen LogP contribution in [0.3, 0.4) is 0 Å². The van der Waals surface area contributed by atoms with Crippen LogP contribution >= 0.6 is 0 Å². The minimum absolute atomic E-state index is 0.688. The molecule has 1 heterocycles. The number of nitrogens with zero attached hydrogens (tertiary/aromatic N) is 3. The molecule has 0 unspecified atom stereocenters. The van der Waals surface area contributed by atoms with Gasteiger partial charge in [-0.1, -0.05) is 41.6 Å². The second-order valence-corrected chi connectivity index (χ2v) is 4.94. The first kappa shape index (κ1) is 13.4. The van der Waals surface area contributed by atoms with Crippen molar-refractivity contribution in [1.82, 2.24) is 15.0 Å². The standard InChI is InChI=1S/C17H17N3O/c1-13-5-3-4-6-16(13)17-11-18-19-20(17)12-14-7-9-15(21-2)10-8-14/h3-11H,12H2,1-2H3. The summed E-state index contributed by atoms with van der Waals surface area (Å²) in [5.74, 6) is 0.858. The number of hydrogen-bond donors (Lipinski definition) is 0. The van der Waals surface area contributed by atoms with Crippen molar-refractivity contribution in [2.24, 2.45) is 0 Å². The number of methoxy groups -OCH3 is 1. The van der Waals surface area contributed by atoms with Crippen LogP contribution in [0.2, 0.25) is 0 Å². The van der Waals surface area contributed by atoms with Crippen LogP contribution in [0, 0.1) is 6.92 Å². The van der Waals surface area contributed by atoms with Crippen LogP contribution in [0.5, 0.6) is 5.75 Å². The van der Waals surface area contributed by atoms with E-state index < -0.39 is 0 Å². The molecule has 0 saturated carbocycles. The maximum Gasteiger partial charge on any atom is 0.118 e. The van der Waals surface area contributed by atoms with E-state index in [2.05, 4.69) is 29.4 Å². The second-order valence-electron chi connectivity index (χ2n) is 4.94. The fourth-order valence-corrected chi connectivity index (χ4v) is 2.35. The zero-order valence-corrected chi connectivity index (χ0v) is 12.2. The molecule has 0 spiro atoms. The third kappa shape index (κ3) is 2.79. The minimum atomic E-state index is 0.688. The smallest absolute Gasteiger partial charge is 0.118 e. The first-order valence-corrected chi connectivity index (χ1v) is 6.85. The molecular formula is C17H17N3O. The third-order valence-corrected chi connectivity index (χ3v) is 3.53. The minimum Gasteiger partial charge on any atom is -0.497 e. The van der Waals surface area contributed by atoms with Gasteiger partial charge in [-0.3, -0.25) is 0 Å². The number of rotatable bonds is 4. The van der Waals surface area contributed by atoms with Gasteiger partial charge < -0.3 is 4.74 Å². The van der Waals surface area contributed by atoms with Crippen LogP contribution in [0.4, 0.5) is 0 Å². The molecule has 0 amide bonds. The molecule has 0 N–H and O–H groups in total. The highest BCUT2D eigenvalue weighted by Crippen LogP contribution is 2.22. The molecule has 0 aliphatic heterocycles. The maximum atomic E-state index is 5.18. The molecule has 2 aromatic carbocycles. The highest BCUT2D eigenvalue weighted by molar-refractivity contribution is 5.62. The van der Waals surface area contributed by atoms with Gasteiger partial charge in [-0.05, 0) is 30.2 Å². The van der Waals surface area contributed by atoms with E-state index in [0.29, 0.717) is 6.54 Å². The molecule has 106 valence electrons. The van der Waals surface area contributed by atoms with Crippen LogP contribution in [0.15, 0.2) is 54.7 Å². The molecule has 3 rings (SSSR count). The van der Waals surface area contributed by atoms with Crippen molar-refractivity contribution in [3.8, 4) is 17.0 Å². The molecule has 4 nitrogen and oxygen atoms in total. The number of aryl methyl sites for hydroxylation is 1. The van der Waals surface area contributed by atoms with Gasteiger partial charge in [0.25, 0.3) is 0 Å². The topological polar surface area (TPSA) is 39.9 Å². The van der Waals surface area contributed by atoms with Gasteiger partial charge in [0, 0.05) is 5.56 Å². The van der Waals surface area contributed by atoms with E-state index in [-0.39, 0.29) is 0 Å². The largest absolute Gasteiger partial charge is 0.497 e. The Balaban J connectivity index is 1.90. The van der Waals surface area contributed by atoms with Gasteiger partial charge in [0.15, 0.2) is 0 Å². The Morgan fingerprint density at radius 3 is 2.52 bits per heavy atom. The average Bonchev–Trinajstić information content (AvgIpc) is 2.96. The monoisotopic (exact) mass is 279 g/mol. The van der Waals surface area contributed by atoms with Crippen LogP contribution < -0.4 is 4.74 Å². The summed E-state index contributed by atoms with van der Waals surface area (Å²) in [6.07, 6.45) is 1.81. The second kappa shape index (κ2) is 5.79. The summed E-state index contributed by atoms with van der Waals surface area (Å²) < 4.78 is 7.10. The lowest BCUT2D eigenvalue weighted by Crippen LogP contribution is -2.04. The number of ether oxygens (including phenoxy) is 1. The van der Waals surface area contributed by atoms with Crippen LogP contribution in [-0.4, -0.2) is 22.1 Å². The van der Waals surface area contributed by atoms with Crippen molar-refractivity contribution in [3.05, 3.63) is 65.9 Å². The van der Waals surface area contributed by atoms with Crippen molar-refractivity contribution in [2.75, 3.05) is 7.11 Å². The van der Waals surface area contributed by atoms with E-state index >= 15 is 0 Å². The fourth-order valence-electron chi connectivity index (χ4n) is 2.35. The molecule has 0 saturated heterocycles. The predicted octanol–water partition coefficient (Wildman–Crippen LogP) is 3.31. The lowest BCUT2D eigenvalue weighted by Gasteiger charge is -2.09. The maximum absolute atomic E-state index is 5.18. The number of hydrogen-bond acceptors (Lipinski definition) is 3. The Morgan fingerprint density at radius 2 is 1.81 bits per heavy atom. The first-order valence-electron chi connectivity index (χ1n) is 6.85. The number of benzene rings is 2. The Bertz CT molecular complexity index is 732. The molecule has 3 aromatic rings. The summed E-state index contributed by atoms with van der Waals surface area (Å²) >= 11 is 0. The summed E-state index contributed by atoms with van der Waals surface area (Å²) in [7, 11) is 1.67. The van der Waals surface area contributed by atoms with Gasteiger partial charge in [-0.2, -0.15) is 0 Å². The van der Waals surface area contributed by atoms with Crippen LogP contribution in [-0.2, 0) is 6.54 Å². The Morgan fingerprint density at radius 1 is 1.05 bits per heavy atom. The molecule has 0 atom stereocenters. The molecule has 0 bridgehead atoms. The average molecular weight is 279 g/mol. The quantitative estimate of drug-likeness (QED) is 0.735. The van der Waals surface area contributed by atoms with Crippen LogP contribution in [0.25, 0.3) is 11.3 Å². The van der Waals surface area contributed by atoms with E-state index in [9.17, 15) is 0 Å². The van der Waals surface area contributed by atoms with Crippen molar-refractivity contribution >= 4 is 0 Å². The molecule has 21 heavy (non-hydrogen) atoms. The van der Waals surface area contributed by atoms with E-state index in [4.69, 9.17) is 4.74 Å². The predicted molar refractivity (Wildman–Crippen MR) is 82.3 cm³/mol. The number of aromatic nitrogens is 3. The lowest BCUT2D eigenvalue weighted by atomic mass is 10.1. The molecule has 0 aliphatic rings. The highest BCUT2D eigenvalue weighted by atomic mass is 16.5. The third-order valence-electron chi connectivity index (χ3n) is 3.53. The zero-order valence-electron chi connectivity index (χ0n) is 12.2. The van der Waals surface area contributed by atoms with Gasteiger partial charge in [-0.15, -0.1) is 5.10 Å². The molecule has 1 aromatic heterocycles. The fraction of sp³-hybridized carbons (Fsp3) is 0.176. The highest BCUT2D eigenvalue weighted by Gasteiger charge is 2.09. The molecule has 0 fully saturated rings. The first-order chi connectivity index (χ1) is 10.3. The summed E-state index contributed by atoms with van der Waals surface area (Å²) in [4.78, 5) is 0. The van der Waals surface area contributed by atoms with E-state index in [1.165, 1.54) is 5.56 Å². The summed E-state index contributed by atoms with van der Waals surface area (Å²) in [6, 6.07) is 16.3. The Kier molecular flexibility index (Phi) is 3.69. The summed E-state index contributed by atoms with van der Waals surface area (Å²) in [6.45, 7) is 2.79. The molecule has 0 aliphatic carbocycles. The van der Waals surface area contributed by atoms with Crippen molar-refractivity contribution in [1.29, 1.82) is 0 Å². The summed E-state index contributed by atoms with van der Waals surface area (Å²) in [5.41, 5.74) is 4.58. The SMILES string of the molecule is COc1ccc(Cn2nncc2-c2ccccc2C)cc1. The lowest BCUT2D eigenvalue weighted by molar-refractivity contribution is 0.414.